The lowest BCUT2D eigenvalue weighted by molar-refractivity contribution is -0.125. The van der Waals surface area contributed by atoms with Gasteiger partial charge in [-0.05, 0) is 31.2 Å². The number of aryl methyl sites for hydroxylation is 1. The van der Waals surface area contributed by atoms with Crippen LogP contribution < -0.4 is 15.0 Å². The van der Waals surface area contributed by atoms with E-state index < -0.39 is 6.10 Å². The highest BCUT2D eigenvalue weighted by molar-refractivity contribution is 6.09. The van der Waals surface area contributed by atoms with Crippen molar-refractivity contribution in [1.29, 1.82) is 0 Å². The number of imidazole rings is 1. The SMILES string of the molecule is CC1Oc2ccc(NC(=O)c3ccccc3-c3nccn3C)cc2N(C)C1=O. The molecule has 1 aliphatic heterocycles. The molecule has 0 aliphatic carbocycles. The summed E-state index contributed by atoms with van der Waals surface area (Å²) in [5, 5.41) is 2.91. The van der Waals surface area contributed by atoms with E-state index in [2.05, 4.69) is 10.3 Å². The molecule has 0 bridgehead atoms. The van der Waals surface area contributed by atoms with Crippen LogP contribution in [0.2, 0.25) is 0 Å². The third kappa shape index (κ3) is 3.00. The molecule has 0 radical (unpaired) electrons. The first-order valence-electron chi connectivity index (χ1n) is 8.92. The maximum Gasteiger partial charge on any atom is 0.267 e. The van der Waals surface area contributed by atoms with Gasteiger partial charge in [0.05, 0.1) is 11.3 Å². The van der Waals surface area contributed by atoms with Gasteiger partial charge < -0.3 is 19.5 Å². The number of carbonyl (C=O) groups is 2. The highest BCUT2D eigenvalue weighted by Crippen LogP contribution is 2.35. The van der Waals surface area contributed by atoms with Gasteiger partial charge in [0.1, 0.15) is 11.6 Å². The van der Waals surface area contributed by atoms with Crippen molar-refractivity contribution < 1.29 is 14.3 Å². The molecule has 3 aromatic rings. The van der Waals surface area contributed by atoms with Gasteiger partial charge in [0.15, 0.2) is 6.10 Å². The van der Waals surface area contributed by atoms with Gasteiger partial charge >= 0.3 is 0 Å². The number of ether oxygens (including phenoxy) is 1. The van der Waals surface area contributed by atoms with E-state index >= 15 is 0 Å². The Morgan fingerprint density at radius 2 is 1.96 bits per heavy atom. The van der Waals surface area contributed by atoms with Crippen molar-refractivity contribution in [3.8, 4) is 17.1 Å². The third-order valence-corrected chi connectivity index (χ3v) is 4.79. The molecular weight excluding hydrogens is 356 g/mol. The number of hydrogen-bond acceptors (Lipinski definition) is 4. The molecule has 2 aromatic carbocycles. The molecule has 4 rings (SSSR count). The lowest BCUT2D eigenvalue weighted by Crippen LogP contribution is -2.41. The van der Waals surface area contributed by atoms with Crippen molar-refractivity contribution in [2.45, 2.75) is 13.0 Å². The maximum atomic E-state index is 12.9. The van der Waals surface area contributed by atoms with Crippen LogP contribution in [0, 0.1) is 0 Å². The normalized spacial score (nSPS) is 15.8. The summed E-state index contributed by atoms with van der Waals surface area (Å²) < 4.78 is 7.49. The number of likely N-dealkylation sites (N-methyl/N-ethyl adjacent to an activating group) is 1. The molecule has 0 saturated heterocycles. The van der Waals surface area contributed by atoms with Gasteiger partial charge in [0.25, 0.3) is 11.8 Å². The number of nitrogens with zero attached hydrogens (tertiary/aromatic N) is 3. The molecule has 28 heavy (non-hydrogen) atoms. The second-order valence-corrected chi connectivity index (χ2v) is 6.70. The van der Waals surface area contributed by atoms with Gasteiger partial charge in [-0.15, -0.1) is 0 Å². The van der Waals surface area contributed by atoms with Crippen molar-refractivity contribution in [2.24, 2.45) is 7.05 Å². The topological polar surface area (TPSA) is 76.5 Å². The van der Waals surface area contributed by atoms with Crippen LogP contribution in [-0.2, 0) is 11.8 Å². The molecular formula is C21H20N4O3. The Labute approximate surface area is 162 Å². The summed E-state index contributed by atoms with van der Waals surface area (Å²) in [6, 6.07) is 12.6. The molecule has 0 spiro atoms. The number of nitrogens with one attached hydrogen (secondary N) is 1. The van der Waals surface area contributed by atoms with Crippen LogP contribution in [-0.4, -0.2) is 34.5 Å². The minimum absolute atomic E-state index is 0.129. The van der Waals surface area contributed by atoms with Gasteiger partial charge in [0, 0.05) is 37.7 Å². The van der Waals surface area contributed by atoms with E-state index in [1.807, 2.05) is 36.0 Å². The van der Waals surface area contributed by atoms with E-state index in [4.69, 9.17) is 4.74 Å². The lowest BCUT2D eigenvalue weighted by Gasteiger charge is -2.30. The number of carbonyl (C=O) groups excluding carboxylic acids is 2. The summed E-state index contributed by atoms with van der Waals surface area (Å²) in [7, 11) is 3.58. The van der Waals surface area contributed by atoms with Crippen molar-refractivity contribution in [3.63, 3.8) is 0 Å². The molecule has 1 aromatic heterocycles. The highest BCUT2D eigenvalue weighted by atomic mass is 16.5. The number of aromatic nitrogens is 2. The fraction of sp³-hybridized carbons (Fsp3) is 0.190. The van der Waals surface area contributed by atoms with Crippen LogP contribution in [0.3, 0.4) is 0 Å². The zero-order valence-corrected chi connectivity index (χ0v) is 15.8. The Kier molecular flexibility index (Phi) is 4.35. The maximum absolute atomic E-state index is 12.9. The fourth-order valence-corrected chi connectivity index (χ4v) is 3.29. The summed E-state index contributed by atoms with van der Waals surface area (Å²) in [5.41, 5.74) is 2.47. The third-order valence-electron chi connectivity index (χ3n) is 4.79. The van der Waals surface area contributed by atoms with Gasteiger partial charge in [0.2, 0.25) is 0 Å². The van der Waals surface area contributed by atoms with Crippen LogP contribution in [0.1, 0.15) is 17.3 Å². The second kappa shape index (κ2) is 6.84. The number of rotatable bonds is 3. The van der Waals surface area contributed by atoms with Gasteiger partial charge in [-0.25, -0.2) is 4.98 Å². The molecule has 2 heterocycles. The molecule has 1 aliphatic rings. The molecule has 1 N–H and O–H groups in total. The van der Waals surface area contributed by atoms with Crippen molar-refractivity contribution in [2.75, 3.05) is 17.3 Å². The Morgan fingerprint density at radius 1 is 1.18 bits per heavy atom. The van der Waals surface area contributed by atoms with Crippen molar-refractivity contribution in [1.82, 2.24) is 9.55 Å². The van der Waals surface area contributed by atoms with Crippen LogP contribution in [0.5, 0.6) is 5.75 Å². The zero-order chi connectivity index (χ0) is 19.8. The predicted molar refractivity (Wildman–Crippen MR) is 107 cm³/mol. The molecule has 1 unspecified atom stereocenters. The number of fused-ring (bicyclic) bond motifs is 1. The number of anilines is 2. The predicted octanol–water partition coefficient (Wildman–Crippen LogP) is 3.08. The summed E-state index contributed by atoms with van der Waals surface area (Å²) in [5.74, 6) is 0.943. The number of amides is 2. The molecule has 7 heteroatoms. The molecule has 0 saturated carbocycles. The highest BCUT2D eigenvalue weighted by Gasteiger charge is 2.29. The Bertz CT molecular complexity index is 1070. The van der Waals surface area contributed by atoms with Crippen molar-refractivity contribution >= 4 is 23.2 Å². The van der Waals surface area contributed by atoms with E-state index in [9.17, 15) is 9.59 Å². The lowest BCUT2D eigenvalue weighted by atomic mass is 10.1. The second-order valence-electron chi connectivity index (χ2n) is 6.70. The standard InChI is InChI=1S/C21H20N4O3/c1-13-21(27)25(3)17-12-14(8-9-18(17)28-13)23-20(26)16-7-5-4-6-15(16)19-22-10-11-24(19)2/h4-13H,1-3H3,(H,23,26). The molecule has 142 valence electrons. The van der Waals surface area contributed by atoms with Crippen LogP contribution >= 0.6 is 0 Å². The van der Waals surface area contributed by atoms with E-state index in [-0.39, 0.29) is 11.8 Å². The van der Waals surface area contributed by atoms with Gasteiger partial charge in [-0.2, -0.15) is 0 Å². The minimum Gasteiger partial charge on any atom is -0.479 e. The number of benzene rings is 2. The minimum atomic E-state index is -0.525. The molecule has 0 fully saturated rings. The van der Waals surface area contributed by atoms with Crippen LogP contribution in [0.15, 0.2) is 54.9 Å². The average molecular weight is 376 g/mol. The summed E-state index contributed by atoms with van der Waals surface area (Å²) >= 11 is 0. The first-order valence-corrected chi connectivity index (χ1v) is 8.92. The Morgan fingerprint density at radius 3 is 2.71 bits per heavy atom. The zero-order valence-electron chi connectivity index (χ0n) is 15.8. The molecule has 1 atom stereocenters. The van der Waals surface area contributed by atoms with Crippen molar-refractivity contribution in [3.05, 3.63) is 60.4 Å². The fourth-order valence-electron chi connectivity index (χ4n) is 3.29. The molecule has 7 nitrogen and oxygen atoms in total. The summed E-state index contributed by atoms with van der Waals surface area (Å²) in [4.78, 5) is 31.0. The first kappa shape index (κ1) is 17.8. The summed E-state index contributed by atoms with van der Waals surface area (Å²) in [6.07, 6.45) is 3.01. The average Bonchev–Trinajstić information content (AvgIpc) is 3.12. The largest absolute Gasteiger partial charge is 0.479 e. The van der Waals surface area contributed by atoms with Gasteiger partial charge in [-0.3, -0.25) is 9.59 Å². The van der Waals surface area contributed by atoms with Gasteiger partial charge in [-0.1, -0.05) is 18.2 Å². The monoisotopic (exact) mass is 376 g/mol. The number of hydrogen-bond donors (Lipinski definition) is 1. The van der Waals surface area contributed by atoms with Crippen LogP contribution in [0.4, 0.5) is 11.4 Å². The molecule has 2 amide bonds. The van der Waals surface area contributed by atoms with E-state index in [0.717, 1.165) is 5.56 Å². The van der Waals surface area contributed by atoms with E-state index in [0.29, 0.717) is 28.5 Å². The first-order chi connectivity index (χ1) is 13.5. The van der Waals surface area contributed by atoms with E-state index in [1.54, 1.807) is 49.3 Å². The Hall–Kier alpha value is -3.61. The summed E-state index contributed by atoms with van der Waals surface area (Å²) in [6.45, 7) is 1.71. The smallest absolute Gasteiger partial charge is 0.267 e. The quantitative estimate of drug-likeness (QED) is 0.762. The Balaban J connectivity index is 1.64. The van der Waals surface area contributed by atoms with Crippen LogP contribution in [0.25, 0.3) is 11.4 Å². The van der Waals surface area contributed by atoms with E-state index in [1.165, 1.54) is 0 Å².